The normalized spacial score (nSPS) is 11.2. The average Bonchev–Trinajstić information content (AvgIpc) is 3.44. The number of aromatic nitrogens is 6. The number of benzene rings is 1. The molecule has 0 radical (unpaired) electrons. The summed E-state index contributed by atoms with van der Waals surface area (Å²) in [6.07, 6.45) is 2.48. The Morgan fingerprint density at radius 2 is 2.10 bits per heavy atom. The molecule has 0 unspecified atom stereocenters. The number of amides is 1. The van der Waals surface area contributed by atoms with E-state index in [1.54, 1.807) is 6.33 Å². The molecule has 0 bridgehead atoms. The fourth-order valence-electron chi connectivity index (χ4n) is 3.23. The summed E-state index contributed by atoms with van der Waals surface area (Å²) in [7, 11) is 0. The van der Waals surface area contributed by atoms with Gasteiger partial charge in [-0.1, -0.05) is 12.1 Å². The fourth-order valence-corrected chi connectivity index (χ4v) is 3.23. The molecule has 0 aliphatic rings. The topological polar surface area (TPSA) is 104 Å². The minimum Gasteiger partial charge on any atom is -0.419 e. The van der Waals surface area contributed by atoms with E-state index in [0.29, 0.717) is 37.7 Å². The molecule has 4 aromatic rings. The second kappa shape index (κ2) is 8.26. The number of nitrogens with zero attached hydrogens (tertiary/aromatic N) is 6. The first kappa shape index (κ1) is 18.9. The van der Waals surface area contributed by atoms with Gasteiger partial charge in [-0.15, -0.1) is 10.2 Å². The van der Waals surface area contributed by atoms with E-state index in [4.69, 9.17) is 4.42 Å². The highest BCUT2D eigenvalue weighted by atomic mass is 16.4. The molecule has 9 heteroatoms. The second-order valence-electron chi connectivity index (χ2n) is 6.76. The summed E-state index contributed by atoms with van der Waals surface area (Å²) >= 11 is 0. The average molecular weight is 393 g/mol. The van der Waals surface area contributed by atoms with Crippen molar-refractivity contribution >= 4 is 16.9 Å². The summed E-state index contributed by atoms with van der Waals surface area (Å²) in [5, 5.41) is 15.5. The van der Waals surface area contributed by atoms with E-state index in [-0.39, 0.29) is 5.91 Å². The molecule has 9 nitrogen and oxygen atoms in total. The summed E-state index contributed by atoms with van der Waals surface area (Å²) in [4.78, 5) is 16.5. The van der Waals surface area contributed by atoms with Crippen molar-refractivity contribution in [2.45, 2.75) is 39.8 Å². The SMILES string of the molecule is CCn1nc(C)cc1-c1nnc(CCC(=O)NCCn2cnc3ccccc32)o1. The van der Waals surface area contributed by atoms with E-state index in [0.717, 1.165) is 29.0 Å². The number of carbonyl (C=O) groups excluding carboxylic acids is 1. The van der Waals surface area contributed by atoms with Crippen LogP contribution in [0.5, 0.6) is 0 Å². The number of imidazole rings is 1. The van der Waals surface area contributed by atoms with E-state index in [2.05, 4.69) is 25.6 Å². The molecule has 150 valence electrons. The zero-order valence-corrected chi connectivity index (χ0v) is 16.5. The van der Waals surface area contributed by atoms with Gasteiger partial charge in [-0.05, 0) is 32.0 Å². The molecule has 0 aliphatic heterocycles. The second-order valence-corrected chi connectivity index (χ2v) is 6.76. The Balaban J connectivity index is 1.27. The van der Waals surface area contributed by atoms with Gasteiger partial charge in [-0.2, -0.15) is 5.10 Å². The van der Waals surface area contributed by atoms with Crippen LogP contribution < -0.4 is 5.32 Å². The lowest BCUT2D eigenvalue weighted by Crippen LogP contribution is -2.27. The van der Waals surface area contributed by atoms with Gasteiger partial charge in [-0.25, -0.2) is 4.98 Å². The Labute approximate surface area is 167 Å². The van der Waals surface area contributed by atoms with Gasteiger partial charge in [-0.3, -0.25) is 9.48 Å². The zero-order valence-electron chi connectivity index (χ0n) is 16.5. The van der Waals surface area contributed by atoms with Gasteiger partial charge in [0.05, 0.1) is 23.1 Å². The van der Waals surface area contributed by atoms with Crippen LogP contribution in [0.25, 0.3) is 22.6 Å². The highest BCUT2D eigenvalue weighted by Crippen LogP contribution is 2.19. The van der Waals surface area contributed by atoms with E-state index < -0.39 is 0 Å². The number of nitrogens with one attached hydrogen (secondary N) is 1. The van der Waals surface area contributed by atoms with Crippen LogP contribution in [0.2, 0.25) is 0 Å². The first-order valence-electron chi connectivity index (χ1n) is 9.68. The molecule has 0 saturated heterocycles. The Morgan fingerprint density at radius 1 is 1.24 bits per heavy atom. The number of carbonyl (C=O) groups is 1. The minimum atomic E-state index is -0.0522. The lowest BCUT2D eigenvalue weighted by Gasteiger charge is -2.06. The Kier molecular flexibility index (Phi) is 5.37. The highest BCUT2D eigenvalue weighted by molar-refractivity contribution is 5.76. The van der Waals surface area contributed by atoms with Gasteiger partial charge >= 0.3 is 0 Å². The molecule has 3 aromatic heterocycles. The predicted molar refractivity (Wildman–Crippen MR) is 107 cm³/mol. The summed E-state index contributed by atoms with van der Waals surface area (Å²) in [5.74, 6) is 0.815. The molecule has 0 spiro atoms. The first-order valence-corrected chi connectivity index (χ1v) is 9.68. The third-order valence-corrected chi connectivity index (χ3v) is 4.66. The van der Waals surface area contributed by atoms with E-state index in [1.807, 2.05) is 53.4 Å². The van der Waals surface area contributed by atoms with Crippen molar-refractivity contribution in [3.05, 3.63) is 48.2 Å². The van der Waals surface area contributed by atoms with Crippen LogP contribution in [0, 0.1) is 6.92 Å². The van der Waals surface area contributed by atoms with Gasteiger partial charge in [0.2, 0.25) is 11.8 Å². The van der Waals surface area contributed by atoms with Crippen LogP contribution in [0.3, 0.4) is 0 Å². The van der Waals surface area contributed by atoms with Crippen molar-refractivity contribution in [3.8, 4) is 11.6 Å². The third-order valence-electron chi connectivity index (χ3n) is 4.66. The molecule has 4 rings (SSSR count). The Morgan fingerprint density at radius 3 is 2.97 bits per heavy atom. The lowest BCUT2D eigenvalue weighted by molar-refractivity contribution is -0.121. The molecule has 0 atom stereocenters. The van der Waals surface area contributed by atoms with Crippen LogP contribution in [-0.2, 0) is 24.3 Å². The smallest absolute Gasteiger partial charge is 0.265 e. The van der Waals surface area contributed by atoms with Crippen LogP contribution >= 0.6 is 0 Å². The highest BCUT2D eigenvalue weighted by Gasteiger charge is 2.15. The lowest BCUT2D eigenvalue weighted by atomic mass is 10.3. The quantitative estimate of drug-likeness (QED) is 0.493. The Bertz CT molecular complexity index is 1120. The maximum Gasteiger partial charge on any atom is 0.265 e. The van der Waals surface area contributed by atoms with Gasteiger partial charge in [0, 0.05) is 32.5 Å². The molecule has 0 fully saturated rings. The van der Waals surface area contributed by atoms with Crippen molar-refractivity contribution in [1.29, 1.82) is 0 Å². The van der Waals surface area contributed by atoms with Crippen LogP contribution in [-0.4, -0.2) is 42.0 Å². The third kappa shape index (κ3) is 4.18. The standard InChI is InChI=1S/C20H23N7O2/c1-3-27-17(12-14(2)25-27)20-24-23-19(29-20)9-8-18(28)21-10-11-26-13-22-15-6-4-5-7-16(15)26/h4-7,12-13H,3,8-11H2,1-2H3,(H,21,28). The number of hydrogen-bond donors (Lipinski definition) is 1. The van der Waals surface area contributed by atoms with E-state index in [9.17, 15) is 4.79 Å². The molecule has 1 aromatic carbocycles. The maximum atomic E-state index is 12.1. The van der Waals surface area contributed by atoms with Gasteiger partial charge in [0.1, 0.15) is 5.69 Å². The van der Waals surface area contributed by atoms with Crippen LogP contribution in [0.1, 0.15) is 24.9 Å². The van der Waals surface area contributed by atoms with Gasteiger partial charge < -0.3 is 14.3 Å². The van der Waals surface area contributed by atoms with Gasteiger partial charge in [0.15, 0.2) is 0 Å². The molecule has 3 heterocycles. The van der Waals surface area contributed by atoms with Crippen molar-refractivity contribution in [2.75, 3.05) is 6.54 Å². The molecule has 1 N–H and O–H groups in total. The number of para-hydroxylation sites is 2. The number of fused-ring (bicyclic) bond motifs is 1. The van der Waals surface area contributed by atoms with Crippen molar-refractivity contribution in [1.82, 2.24) is 34.8 Å². The first-order chi connectivity index (χ1) is 14.1. The predicted octanol–water partition coefficient (Wildman–Crippen LogP) is 2.36. The van der Waals surface area contributed by atoms with Crippen molar-refractivity contribution in [2.24, 2.45) is 0 Å². The zero-order chi connectivity index (χ0) is 20.2. The molecule has 0 saturated carbocycles. The van der Waals surface area contributed by atoms with E-state index >= 15 is 0 Å². The number of rotatable bonds is 8. The number of aryl methyl sites for hydroxylation is 3. The van der Waals surface area contributed by atoms with Crippen molar-refractivity contribution < 1.29 is 9.21 Å². The maximum absolute atomic E-state index is 12.1. The van der Waals surface area contributed by atoms with Crippen LogP contribution in [0.4, 0.5) is 0 Å². The molecule has 29 heavy (non-hydrogen) atoms. The van der Waals surface area contributed by atoms with Crippen molar-refractivity contribution in [3.63, 3.8) is 0 Å². The molecule has 0 aliphatic carbocycles. The summed E-state index contributed by atoms with van der Waals surface area (Å²) in [6, 6.07) is 9.84. The summed E-state index contributed by atoms with van der Waals surface area (Å²) in [5.41, 5.74) is 3.69. The fraction of sp³-hybridized carbons (Fsp3) is 0.350. The Hall–Kier alpha value is -3.49. The molecule has 1 amide bonds. The number of hydrogen-bond acceptors (Lipinski definition) is 6. The van der Waals surface area contributed by atoms with Crippen LogP contribution in [0.15, 0.2) is 41.1 Å². The van der Waals surface area contributed by atoms with Gasteiger partial charge in [0.25, 0.3) is 5.89 Å². The summed E-state index contributed by atoms with van der Waals surface area (Å²) in [6.45, 7) is 5.84. The molecular weight excluding hydrogens is 370 g/mol. The summed E-state index contributed by atoms with van der Waals surface area (Å²) < 4.78 is 9.56. The molecular formula is C20H23N7O2. The largest absolute Gasteiger partial charge is 0.419 e. The monoisotopic (exact) mass is 393 g/mol. The van der Waals surface area contributed by atoms with E-state index in [1.165, 1.54) is 0 Å². The minimum absolute atomic E-state index is 0.0522.